The minimum absolute atomic E-state index is 0.450. The van der Waals surface area contributed by atoms with Crippen molar-refractivity contribution in [1.29, 1.82) is 0 Å². The van der Waals surface area contributed by atoms with Crippen LogP contribution in [0.2, 0.25) is 0 Å². The summed E-state index contributed by atoms with van der Waals surface area (Å²) in [5, 5.41) is 3.43. The molecule has 1 rings (SSSR count). The van der Waals surface area contributed by atoms with Crippen LogP contribution < -0.4 is 5.73 Å². The number of carbonyl (C=O) groups excluding carboxylic acids is 1. The first-order chi connectivity index (χ1) is 7.13. The Labute approximate surface area is 86.8 Å². The number of hydrogen-bond donors (Lipinski definition) is 1. The molecule has 1 aromatic carbocycles. The van der Waals surface area contributed by atoms with Gasteiger partial charge in [-0.3, -0.25) is 4.79 Å². The van der Waals surface area contributed by atoms with Gasteiger partial charge in [0.05, 0.1) is 0 Å². The first-order valence-electron chi connectivity index (χ1n) is 4.27. The van der Waals surface area contributed by atoms with Crippen LogP contribution in [0.3, 0.4) is 0 Å². The maximum atomic E-state index is 10.8. The number of amides is 1. The van der Waals surface area contributed by atoms with Crippen molar-refractivity contribution in [2.75, 3.05) is 0 Å². The van der Waals surface area contributed by atoms with Crippen molar-refractivity contribution < 1.29 is 4.79 Å². The zero-order valence-corrected chi connectivity index (χ0v) is 8.21. The molecular weight excluding hydrogens is 192 g/mol. The Morgan fingerprint density at radius 2 is 2.07 bits per heavy atom. The number of hydrogen-bond acceptors (Lipinski definition) is 2. The SMILES string of the molecule is CC(=Cc1ccc(N=[N+]=[N-])cc1)C(N)=O. The highest BCUT2D eigenvalue weighted by Crippen LogP contribution is 2.14. The Morgan fingerprint density at radius 3 is 2.53 bits per heavy atom. The van der Waals surface area contributed by atoms with Crippen LogP contribution in [0.4, 0.5) is 5.69 Å². The molecule has 0 radical (unpaired) electrons. The summed E-state index contributed by atoms with van der Waals surface area (Å²) in [6.45, 7) is 1.64. The fraction of sp³-hybridized carbons (Fsp3) is 0.100. The standard InChI is InChI=1S/C10H10N4O/c1-7(10(11)15)6-8-2-4-9(5-3-8)13-14-12/h2-6H,1H3,(H2,11,15). The first kappa shape index (κ1) is 10.8. The van der Waals surface area contributed by atoms with E-state index in [0.29, 0.717) is 11.3 Å². The van der Waals surface area contributed by atoms with Crippen molar-refractivity contribution in [2.45, 2.75) is 6.92 Å². The summed E-state index contributed by atoms with van der Waals surface area (Å²) >= 11 is 0. The highest BCUT2D eigenvalue weighted by molar-refractivity contribution is 5.95. The molecule has 0 fully saturated rings. The molecule has 0 saturated carbocycles. The molecular formula is C10H10N4O. The van der Waals surface area contributed by atoms with E-state index in [1.54, 1.807) is 37.3 Å². The summed E-state index contributed by atoms with van der Waals surface area (Å²) < 4.78 is 0. The maximum Gasteiger partial charge on any atom is 0.244 e. The minimum Gasteiger partial charge on any atom is -0.366 e. The summed E-state index contributed by atoms with van der Waals surface area (Å²) in [6, 6.07) is 6.83. The van der Waals surface area contributed by atoms with Crippen LogP contribution in [0.25, 0.3) is 16.5 Å². The summed E-state index contributed by atoms with van der Waals surface area (Å²) in [4.78, 5) is 13.4. The van der Waals surface area contributed by atoms with Gasteiger partial charge in [-0.25, -0.2) is 0 Å². The predicted octanol–water partition coefficient (Wildman–Crippen LogP) is 2.52. The lowest BCUT2D eigenvalue weighted by atomic mass is 10.1. The molecule has 2 N–H and O–H groups in total. The Morgan fingerprint density at radius 1 is 1.47 bits per heavy atom. The Hall–Kier alpha value is -2.26. The quantitative estimate of drug-likeness (QED) is 0.347. The molecule has 0 aliphatic heterocycles. The second-order valence-corrected chi connectivity index (χ2v) is 2.97. The average Bonchev–Trinajstić information content (AvgIpc) is 2.21. The predicted molar refractivity (Wildman–Crippen MR) is 58.1 cm³/mol. The second kappa shape index (κ2) is 4.83. The van der Waals surface area contributed by atoms with Crippen LogP contribution in [-0.2, 0) is 4.79 Å². The largest absolute Gasteiger partial charge is 0.366 e. The van der Waals surface area contributed by atoms with Crippen LogP contribution in [0, 0.1) is 0 Å². The van der Waals surface area contributed by atoms with E-state index >= 15 is 0 Å². The molecule has 0 aliphatic rings. The van der Waals surface area contributed by atoms with E-state index in [2.05, 4.69) is 10.0 Å². The fourth-order valence-electron chi connectivity index (χ4n) is 1.01. The van der Waals surface area contributed by atoms with Gasteiger partial charge in [0.15, 0.2) is 0 Å². The van der Waals surface area contributed by atoms with Crippen molar-refractivity contribution in [3.8, 4) is 0 Å². The van der Waals surface area contributed by atoms with Crippen LogP contribution in [0.5, 0.6) is 0 Å². The third-order valence-corrected chi connectivity index (χ3v) is 1.83. The smallest absolute Gasteiger partial charge is 0.244 e. The first-order valence-corrected chi connectivity index (χ1v) is 4.27. The molecule has 0 bridgehead atoms. The van der Waals surface area contributed by atoms with E-state index in [1.165, 1.54) is 0 Å². The monoisotopic (exact) mass is 202 g/mol. The van der Waals surface area contributed by atoms with Crippen molar-refractivity contribution in [3.63, 3.8) is 0 Å². The summed E-state index contributed by atoms with van der Waals surface area (Å²) in [5.41, 5.74) is 15.1. The Kier molecular flexibility index (Phi) is 3.49. The number of rotatable bonds is 3. The molecule has 0 aliphatic carbocycles. The van der Waals surface area contributed by atoms with Gasteiger partial charge in [0, 0.05) is 16.2 Å². The Bertz CT molecular complexity index is 441. The molecule has 0 spiro atoms. The molecule has 76 valence electrons. The van der Waals surface area contributed by atoms with Gasteiger partial charge in [0.2, 0.25) is 5.91 Å². The molecule has 1 amide bonds. The van der Waals surface area contributed by atoms with Gasteiger partial charge in [0.25, 0.3) is 0 Å². The van der Waals surface area contributed by atoms with Gasteiger partial charge >= 0.3 is 0 Å². The van der Waals surface area contributed by atoms with Crippen molar-refractivity contribution in [3.05, 3.63) is 45.8 Å². The van der Waals surface area contributed by atoms with Gasteiger partial charge in [-0.05, 0) is 24.1 Å². The lowest BCUT2D eigenvalue weighted by molar-refractivity contribution is -0.114. The van der Waals surface area contributed by atoms with Crippen molar-refractivity contribution in [1.82, 2.24) is 0 Å². The lowest BCUT2D eigenvalue weighted by Crippen LogP contribution is -2.11. The summed E-state index contributed by atoms with van der Waals surface area (Å²) in [6.07, 6.45) is 1.67. The molecule has 0 heterocycles. The normalized spacial score (nSPS) is 10.6. The number of carbonyl (C=O) groups is 1. The summed E-state index contributed by atoms with van der Waals surface area (Å²) in [5.74, 6) is -0.450. The van der Waals surface area contributed by atoms with Crippen LogP contribution in [-0.4, -0.2) is 5.91 Å². The number of benzene rings is 1. The molecule has 5 nitrogen and oxygen atoms in total. The number of nitrogens with two attached hydrogens (primary N) is 1. The molecule has 1 aromatic rings. The Balaban J connectivity index is 2.94. The van der Waals surface area contributed by atoms with Crippen LogP contribution in [0.15, 0.2) is 35.0 Å². The number of primary amides is 1. The third-order valence-electron chi connectivity index (χ3n) is 1.83. The molecule has 5 heteroatoms. The highest BCUT2D eigenvalue weighted by atomic mass is 16.1. The van der Waals surface area contributed by atoms with E-state index in [-0.39, 0.29) is 0 Å². The van der Waals surface area contributed by atoms with Gasteiger partial charge in [-0.2, -0.15) is 0 Å². The minimum atomic E-state index is -0.450. The zero-order valence-electron chi connectivity index (χ0n) is 8.21. The number of nitrogens with zero attached hydrogens (tertiary/aromatic N) is 3. The lowest BCUT2D eigenvalue weighted by Gasteiger charge is -1.96. The van der Waals surface area contributed by atoms with E-state index in [0.717, 1.165) is 5.56 Å². The average molecular weight is 202 g/mol. The van der Waals surface area contributed by atoms with E-state index in [4.69, 9.17) is 11.3 Å². The summed E-state index contributed by atoms with van der Waals surface area (Å²) in [7, 11) is 0. The van der Waals surface area contributed by atoms with Crippen LogP contribution >= 0.6 is 0 Å². The molecule has 0 atom stereocenters. The molecule has 0 saturated heterocycles. The van der Waals surface area contributed by atoms with Crippen molar-refractivity contribution in [2.24, 2.45) is 10.8 Å². The third kappa shape index (κ3) is 3.17. The van der Waals surface area contributed by atoms with Gasteiger partial charge in [-0.15, -0.1) is 0 Å². The van der Waals surface area contributed by atoms with Gasteiger partial charge in [0.1, 0.15) is 0 Å². The fourth-order valence-corrected chi connectivity index (χ4v) is 1.01. The second-order valence-electron chi connectivity index (χ2n) is 2.97. The molecule has 0 aromatic heterocycles. The van der Waals surface area contributed by atoms with E-state index < -0.39 is 5.91 Å². The zero-order chi connectivity index (χ0) is 11.3. The van der Waals surface area contributed by atoms with Gasteiger partial charge < -0.3 is 5.73 Å². The highest BCUT2D eigenvalue weighted by Gasteiger charge is 1.97. The molecule has 0 unspecified atom stereocenters. The van der Waals surface area contributed by atoms with E-state index in [9.17, 15) is 4.79 Å². The maximum absolute atomic E-state index is 10.8. The molecule has 15 heavy (non-hydrogen) atoms. The van der Waals surface area contributed by atoms with Crippen molar-refractivity contribution >= 4 is 17.7 Å². The van der Waals surface area contributed by atoms with E-state index in [1.807, 2.05) is 0 Å². The van der Waals surface area contributed by atoms with Gasteiger partial charge in [-0.1, -0.05) is 29.4 Å². The number of azide groups is 1. The van der Waals surface area contributed by atoms with Crippen LogP contribution in [0.1, 0.15) is 12.5 Å². The topological polar surface area (TPSA) is 91.8 Å².